The topological polar surface area (TPSA) is 66.8 Å². The number of aliphatic hydroxyl groups is 2. The highest BCUT2D eigenvalue weighted by Gasteiger charge is 2.35. The summed E-state index contributed by atoms with van der Waals surface area (Å²) in [5.74, 6) is -2.63. The zero-order valence-corrected chi connectivity index (χ0v) is 7.62. The van der Waals surface area contributed by atoms with Crippen LogP contribution < -0.4 is 0 Å². The van der Waals surface area contributed by atoms with Gasteiger partial charge in [0.15, 0.2) is 5.79 Å². The lowest BCUT2D eigenvalue weighted by molar-refractivity contribution is -0.162. The monoisotopic (exact) mass is 186 g/mol. The summed E-state index contributed by atoms with van der Waals surface area (Å²) in [6.07, 6.45) is 3.09. The Labute approximate surface area is 76.8 Å². The fourth-order valence-corrected chi connectivity index (χ4v) is 1.35. The normalized spacial score (nSPS) is 20.7. The van der Waals surface area contributed by atoms with Crippen molar-refractivity contribution in [3.05, 3.63) is 11.6 Å². The van der Waals surface area contributed by atoms with E-state index in [1.165, 1.54) is 6.08 Å². The first-order valence-corrected chi connectivity index (χ1v) is 4.40. The molecule has 0 saturated carbocycles. The standard InChI is InChI=1S/C9H14O4/c1-2-13-8(10)7-5-3-4-6-9(7,11)12/h5,11-12H,2-4,6H2,1H3. The van der Waals surface area contributed by atoms with Crippen molar-refractivity contribution in [2.45, 2.75) is 32.0 Å². The molecule has 0 aromatic heterocycles. The molecule has 0 spiro atoms. The van der Waals surface area contributed by atoms with Crippen molar-refractivity contribution >= 4 is 5.97 Å². The molecule has 0 unspecified atom stereocenters. The largest absolute Gasteiger partial charge is 0.462 e. The number of hydrogen-bond acceptors (Lipinski definition) is 4. The lowest BCUT2D eigenvalue weighted by atomic mass is 9.93. The molecule has 1 aliphatic carbocycles. The maximum Gasteiger partial charge on any atom is 0.339 e. The van der Waals surface area contributed by atoms with Crippen LogP contribution in [0.2, 0.25) is 0 Å². The summed E-state index contributed by atoms with van der Waals surface area (Å²) in [6, 6.07) is 0. The predicted molar refractivity (Wildman–Crippen MR) is 45.7 cm³/mol. The molecule has 0 radical (unpaired) electrons. The lowest BCUT2D eigenvalue weighted by Gasteiger charge is -2.26. The highest BCUT2D eigenvalue weighted by molar-refractivity contribution is 5.90. The van der Waals surface area contributed by atoms with Crippen LogP contribution in [0, 0.1) is 0 Å². The number of carbonyl (C=O) groups is 1. The molecule has 4 heteroatoms. The van der Waals surface area contributed by atoms with Gasteiger partial charge in [-0.1, -0.05) is 6.08 Å². The van der Waals surface area contributed by atoms with Crippen LogP contribution in [-0.2, 0) is 9.53 Å². The first-order valence-electron chi connectivity index (χ1n) is 4.40. The van der Waals surface area contributed by atoms with Crippen LogP contribution in [0.5, 0.6) is 0 Å². The summed E-state index contributed by atoms with van der Waals surface area (Å²) in [4.78, 5) is 11.2. The summed E-state index contributed by atoms with van der Waals surface area (Å²) in [5, 5.41) is 18.8. The number of carbonyl (C=O) groups excluding carboxylic acids is 1. The SMILES string of the molecule is CCOC(=O)C1=CCCCC1(O)O. The highest BCUT2D eigenvalue weighted by Crippen LogP contribution is 2.27. The summed E-state index contributed by atoms with van der Waals surface area (Å²) in [5.41, 5.74) is -0.0272. The third kappa shape index (κ3) is 2.29. The maximum absolute atomic E-state index is 11.2. The summed E-state index contributed by atoms with van der Waals surface area (Å²) in [7, 11) is 0. The Hall–Kier alpha value is -0.870. The minimum Gasteiger partial charge on any atom is -0.462 e. The van der Waals surface area contributed by atoms with E-state index in [0.29, 0.717) is 12.8 Å². The van der Waals surface area contributed by atoms with E-state index in [1.54, 1.807) is 6.92 Å². The van der Waals surface area contributed by atoms with Gasteiger partial charge in [0, 0.05) is 6.42 Å². The fraction of sp³-hybridized carbons (Fsp3) is 0.667. The van der Waals surface area contributed by atoms with Gasteiger partial charge in [0.2, 0.25) is 0 Å². The molecule has 2 N–H and O–H groups in total. The molecule has 0 heterocycles. The molecule has 0 atom stereocenters. The van der Waals surface area contributed by atoms with E-state index in [2.05, 4.69) is 4.74 Å². The Bertz CT molecular complexity index is 230. The zero-order valence-electron chi connectivity index (χ0n) is 7.62. The second-order valence-corrected chi connectivity index (χ2v) is 3.05. The van der Waals surface area contributed by atoms with Crippen LogP contribution in [0.15, 0.2) is 11.6 Å². The van der Waals surface area contributed by atoms with Crippen molar-refractivity contribution in [1.82, 2.24) is 0 Å². The predicted octanol–water partition coefficient (Wildman–Crippen LogP) is 0.341. The molecule has 0 bridgehead atoms. The van der Waals surface area contributed by atoms with E-state index in [-0.39, 0.29) is 18.6 Å². The van der Waals surface area contributed by atoms with Gasteiger partial charge < -0.3 is 14.9 Å². The Kier molecular flexibility index (Phi) is 3.06. The third-order valence-electron chi connectivity index (χ3n) is 2.00. The van der Waals surface area contributed by atoms with Crippen LogP contribution in [0.4, 0.5) is 0 Å². The minimum atomic E-state index is -2.00. The molecular formula is C9H14O4. The van der Waals surface area contributed by atoms with Crippen LogP contribution in [0.3, 0.4) is 0 Å². The number of ether oxygens (including phenoxy) is 1. The van der Waals surface area contributed by atoms with Gasteiger partial charge in [-0.05, 0) is 19.8 Å². The van der Waals surface area contributed by atoms with Crippen molar-refractivity contribution in [3.8, 4) is 0 Å². The molecule has 0 aromatic carbocycles. The van der Waals surface area contributed by atoms with Crippen LogP contribution in [0.25, 0.3) is 0 Å². The highest BCUT2D eigenvalue weighted by atomic mass is 16.5. The first-order chi connectivity index (χ1) is 6.08. The average Bonchev–Trinajstić information content (AvgIpc) is 2.03. The molecule has 0 saturated heterocycles. The Morgan fingerprint density at radius 2 is 2.38 bits per heavy atom. The number of esters is 1. The van der Waals surface area contributed by atoms with Crippen molar-refractivity contribution in [1.29, 1.82) is 0 Å². The maximum atomic E-state index is 11.2. The summed E-state index contributed by atoms with van der Waals surface area (Å²) in [6.45, 7) is 1.92. The third-order valence-corrected chi connectivity index (χ3v) is 2.00. The molecule has 1 aliphatic rings. The molecule has 0 aliphatic heterocycles. The average molecular weight is 186 g/mol. The van der Waals surface area contributed by atoms with Gasteiger partial charge in [-0.25, -0.2) is 4.79 Å². The summed E-state index contributed by atoms with van der Waals surface area (Å²) < 4.78 is 4.69. The van der Waals surface area contributed by atoms with E-state index in [1.807, 2.05) is 0 Å². The van der Waals surface area contributed by atoms with Gasteiger partial charge in [-0.15, -0.1) is 0 Å². The number of rotatable bonds is 2. The Morgan fingerprint density at radius 3 is 2.92 bits per heavy atom. The first kappa shape index (κ1) is 10.2. The molecule has 74 valence electrons. The van der Waals surface area contributed by atoms with Gasteiger partial charge in [0.25, 0.3) is 0 Å². The minimum absolute atomic E-state index is 0.0272. The Balaban J connectivity index is 2.76. The van der Waals surface area contributed by atoms with E-state index >= 15 is 0 Å². The second-order valence-electron chi connectivity index (χ2n) is 3.05. The van der Waals surface area contributed by atoms with E-state index in [9.17, 15) is 15.0 Å². The van der Waals surface area contributed by atoms with Gasteiger partial charge in [-0.3, -0.25) is 0 Å². The zero-order chi connectivity index (χ0) is 9.90. The van der Waals surface area contributed by atoms with Gasteiger partial charge >= 0.3 is 5.97 Å². The molecule has 0 fully saturated rings. The number of hydrogen-bond donors (Lipinski definition) is 2. The van der Waals surface area contributed by atoms with Gasteiger partial charge in [-0.2, -0.15) is 0 Å². The second kappa shape index (κ2) is 3.89. The van der Waals surface area contributed by atoms with E-state index in [0.717, 1.165) is 0 Å². The van der Waals surface area contributed by atoms with Crippen molar-refractivity contribution < 1.29 is 19.7 Å². The van der Waals surface area contributed by atoms with Crippen molar-refractivity contribution in [2.24, 2.45) is 0 Å². The van der Waals surface area contributed by atoms with Crippen LogP contribution >= 0.6 is 0 Å². The van der Waals surface area contributed by atoms with Crippen LogP contribution in [0.1, 0.15) is 26.2 Å². The Morgan fingerprint density at radius 1 is 1.69 bits per heavy atom. The molecule has 0 amide bonds. The molecule has 13 heavy (non-hydrogen) atoms. The van der Waals surface area contributed by atoms with Crippen LogP contribution in [-0.4, -0.2) is 28.6 Å². The van der Waals surface area contributed by atoms with E-state index in [4.69, 9.17) is 0 Å². The molecule has 0 aromatic rings. The fourth-order valence-electron chi connectivity index (χ4n) is 1.35. The lowest BCUT2D eigenvalue weighted by Crippen LogP contribution is -2.37. The number of allylic oxidation sites excluding steroid dienone is 1. The summed E-state index contributed by atoms with van der Waals surface area (Å²) >= 11 is 0. The molecular weight excluding hydrogens is 172 g/mol. The quantitative estimate of drug-likeness (QED) is 0.482. The van der Waals surface area contributed by atoms with Crippen molar-refractivity contribution in [2.75, 3.05) is 6.61 Å². The smallest absolute Gasteiger partial charge is 0.339 e. The van der Waals surface area contributed by atoms with Gasteiger partial charge in [0.05, 0.1) is 12.2 Å². The van der Waals surface area contributed by atoms with Crippen molar-refractivity contribution in [3.63, 3.8) is 0 Å². The molecule has 4 nitrogen and oxygen atoms in total. The van der Waals surface area contributed by atoms with Gasteiger partial charge in [0.1, 0.15) is 0 Å². The van der Waals surface area contributed by atoms with E-state index < -0.39 is 11.8 Å². The molecule has 1 rings (SSSR count).